The van der Waals surface area contributed by atoms with E-state index in [2.05, 4.69) is 10.5 Å². The smallest absolute Gasteiger partial charge is 0.322 e. The lowest BCUT2D eigenvalue weighted by atomic mass is 10.1. The second kappa shape index (κ2) is 6.62. The molecule has 2 heterocycles. The fourth-order valence-electron chi connectivity index (χ4n) is 2.87. The molecule has 1 aromatic heterocycles. The number of anilines is 1. The van der Waals surface area contributed by atoms with Crippen LogP contribution in [0.3, 0.4) is 0 Å². The van der Waals surface area contributed by atoms with Crippen LogP contribution in [0.2, 0.25) is 5.02 Å². The van der Waals surface area contributed by atoms with Gasteiger partial charge in [0.25, 0.3) is 0 Å². The van der Waals surface area contributed by atoms with Gasteiger partial charge in [0.2, 0.25) is 0 Å². The number of carbonyl (C=O) groups is 1. The topological polar surface area (TPSA) is 58.4 Å². The largest absolute Gasteiger partial charge is 0.359 e. The van der Waals surface area contributed by atoms with Crippen LogP contribution in [0.15, 0.2) is 28.8 Å². The summed E-state index contributed by atoms with van der Waals surface area (Å²) in [5.74, 6) is 0.761. The van der Waals surface area contributed by atoms with E-state index in [1.165, 1.54) is 0 Å². The molecule has 0 saturated carbocycles. The highest BCUT2D eigenvalue weighted by Crippen LogP contribution is 2.33. The lowest BCUT2D eigenvalue weighted by Gasteiger charge is -2.23. The molecule has 0 radical (unpaired) electrons. The van der Waals surface area contributed by atoms with Crippen molar-refractivity contribution in [2.24, 2.45) is 0 Å². The molecule has 0 spiro atoms. The third-order valence-corrected chi connectivity index (χ3v) is 4.46. The molecule has 0 bridgehead atoms. The first-order chi connectivity index (χ1) is 11.1. The van der Waals surface area contributed by atoms with E-state index >= 15 is 0 Å². The molecule has 3 rings (SSSR count). The Morgan fingerprint density at radius 2 is 2.30 bits per heavy atom. The molecule has 1 fully saturated rings. The van der Waals surface area contributed by atoms with Crippen LogP contribution in [-0.2, 0) is 6.42 Å². The van der Waals surface area contributed by atoms with E-state index < -0.39 is 0 Å². The lowest BCUT2D eigenvalue weighted by molar-refractivity contribution is 0.195. The van der Waals surface area contributed by atoms with E-state index in [9.17, 15) is 4.79 Å². The van der Waals surface area contributed by atoms with Gasteiger partial charge in [-0.15, -0.1) is 0 Å². The molecule has 1 N–H and O–H groups in total. The van der Waals surface area contributed by atoms with E-state index in [0.29, 0.717) is 11.6 Å². The Bertz CT molecular complexity index is 714. The van der Waals surface area contributed by atoms with Gasteiger partial charge in [-0.1, -0.05) is 29.7 Å². The number of likely N-dealkylation sites (tertiary alicyclic amines) is 1. The quantitative estimate of drug-likeness (QED) is 0.895. The van der Waals surface area contributed by atoms with Gasteiger partial charge in [-0.05, 0) is 43.9 Å². The zero-order chi connectivity index (χ0) is 16.4. The standard InChI is InChI=1S/C17H20ClN3O2/c1-3-13-10-16(23-20-13)15-5-4-8-21(15)17(22)19-14-9-12(18)7-6-11(14)2/h6-7,9-10,15H,3-5,8H2,1-2H3,(H,19,22). The number of nitrogens with zero attached hydrogens (tertiary/aromatic N) is 2. The molecule has 6 heteroatoms. The third kappa shape index (κ3) is 3.34. The number of amides is 2. The van der Waals surface area contributed by atoms with E-state index in [1.807, 2.05) is 32.0 Å². The van der Waals surface area contributed by atoms with Gasteiger partial charge in [0.05, 0.1) is 11.7 Å². The van der Waals surface area contributed by atoms with Gasteiger partial charge >= 0.3 is 6.03 Å². The summed E-state index contributed by atoms with van der Waals surface area (Å²) in [5.41, 5.74) is 2.63. The van der Waals surface area contributed by atoms with Gasteiger partial charge in [0.15, 0.2) is 5.76 Å². The Morgan fingerprint density at radius 1 is 1.48 bits per heavy atom. The molecule has 2 aromatic rings. The SMILES string of the molecule is CCc1cc(C2CCCN2C(=O)Nc2cc(Cl)ccc2C)on1. The maximum atomic E-state index is 12.6. The van der Waals surface area contributed by atoms with Gasteiger partial charge in [-0.2, -0.15) is 0 Å². The zero-order valence-corrected chi connectivity index (χ0v) is 14.1. The minimum absolute atomic E-state index is 0.0534. The number of nitrogens with one attached hydrogen (secondary N) is 1. The molecule has 1 aliphatic rings. The van der Waals surface area contributed by atoms with Crippen LogP contribution in [0, 0.1) is 6.92 Å². The maximum Gasteiger partial charge on any atom is 0.322 e. The van der Waals surface area contributed by atoms with Crippen molar-refractivity contribution in [1.29, 1.82) is 0 Å². The van der Waals surface area contributed by atoms with Crippen LogP contribution in [0.4, 0.5) is 10.5 Å². The second-order valence-corrected chi connectivity index (χ2v) is 6.25. The molecule has 23 heavy (non-hydrogen) atoms. The molecular formula is C17H20ClN3O2. The molecule has 1 aromatic carbocycles. The van der Waals surface area contributed by atoms with Crippen molar-refractivity contribution in [1.82, 2.24) is 10.1 Å². The van der Waals surface area contributed by atoms with Gasteiger partial charge in [0.1, 0.15) is 0 Å². The van der Waals surface area contributed by atoms with Crippen LogP contribution in [-0.4, -0.2) is 22.6 Å². The van der Waals surface area contributed by atoms with Crippen LogP contribution < -0.4 is 5.32 Å². The van der Waals surface area contributed by atoms with E-state index in [4.69, 9.17) is 16.1 Å². The summed E-state index contributed by atoms with van der Waals surface area (Å²) < 4.78 is 5.42. The van der Waals surface area contributed by atoms with Crippen LogP contribution in [0.1, 0.15) is 42.8 Å². The molecule has 1 atom stereocenters. The summed E-state index contributed by atoms with van der Waals surface area (Å²) in [5, 5.41) is 7.59. The summed E-state index contributed by atoms with van der Waals surface area (Å²) in [7, 11) is 0. The van der Waals surface area contributed by atoms with E-state index in [-0.39, 0.29) is 12.1 Å². The third-order valence-electron chi connectivity index (χ3n) is 4.22. The van der Waals surface area contributed by atoms with Crippen molar-refractivity contribution in [3.05, 3.63) is 46.3 Å². The Hall–Kier alpha value is -2.01. The van der Waals surface area contributed by atoms with Crippen molar-refractivity contribution in [3.8, 4) is 0 Å². The number of urea groups is 1. The monoisotopic (exact) mass is 333 g/mol. The lowest BCUT2D eigenvalue weighted by Crippen LogP contribution is -2.34. The Morgan fingerprint density at radius 3 is 3.04 bits per heavy atom. The Balaban J connectivity index is 1.76. The average molecular weight is 334 g/mol. The molecule has 5 nitrogen and oxygen atoms in total. The van der Waals surface area contributed by atoms with Gasteiger partial charge in [0, 0.05) is 23.3 Å². The number of hydrogen-bond acceptors (Lipinski definition) is 3. The number of rotatable bonds is 3. The minimum atomic E-state index is -0.132. The molecule has 1 unspecified atom stereocenters. The van der Waals surface area contributed by atoms with Crippen LogP contribution >= 0.6 is 11.6 Å². The summed E-state index contributed by atoms with van der Waals surface area (Å²) in [4.78, 5) is 14.5. The van der Waals surface area contributed by atoms with Crippen LogP contribution in [0.5, 0.6) is 0 Å². The second-order valence-electron chi connectivity index (χ2n) is 5.81. The molecular weight excluding hydrogens is 314 g/mol. The summed E-state index contributed by atoms with van der Waals surface area (Å²) in [6.45, 7) is 4.68. The van der Waals surface area contributed by atoms with E-state index in [0.717, 1.165) is 42.0 Å². The molecule has 122 valence electrons. The van der Waals surface area contributed by atoms with Gasteiger partial charge in [-0.25, -0.2) is 4.79 Å². The Labute approximate surface area is 140 Å². The molecule has 1 saturated heterocycles. The minimum Gasteiger partial charge on any atom is -0.359 e. The number of carbonyl (C=O) groups excluding carboxylic acids is 1. The van der Waals surface area contributed by atoms with Gasteiger partial charge < -0.3 is 14.7 Å². The number of hydrogen-bond donors (Lipinski definition) is 1. The summed E-state index contributed by atoms with van der Waals surface area (Å²) >= 11 is 6.02. The first-order valence-corrected chi connectivity index (χ1v) is 8.25. The predicted molar refractivity (Wildman–Crippen MR) is 89.8 cm³/mol. The number of aromatic nitrogens is 1. The normalized spacial score (nSPS) is 17.5. The molecule has 2 amide bonds. The Kier molecular flexibility index (Phi) is 4.57. The molecule has 0 aliphatic carbocycles. The number of benzene rings is 1. The average Bonchev–Trinajstić information content (AvgIpc) is 3.18. The van der Waals surface area contributed by atoms with Crippen molar-refractivity contribution in [2.45, 2.75) is 39.2 Å². The highest BCUT2D eigenvalue weighted by Gasteiger charge is 2.33. The number of aryl methyl sites for hydroxylation is 2. The molecule has 1 aliphatic heterocycles. The zero-order valence-electron chi connectivity index (χ0n) is 13.3. The van der Waals surface area contributed by atoms with Crippen molar-refractivity contribution in [2.75, 3.05) is 11.9 Å². The fourth-order valence-corrected chi connectivity index (χ4v) is 3.05. The first-order valence-electron chi connectivity index (χ1n) is 7.87. The highest BCUT2D eigenvalue weighted by molar-refractivity contribution is 6.31. The van der Waals surface area contributed by atoms with Crippen LogP contribution in [0.25, 0.3) is 0 Å². The number of halogens is 1. The predicted octanol–water partition coefficient (Wildman–Crippen LogP) is 4.57. The summed E-state index contributed by atoms with van der Waals surface area (Å²) in [6.07, 6.45) is 2.67. The maximum absolute atomic E-state index is 12.6. The van der Waals surface area contributed by atoms with E-state index in [1.54, 1.807) is 11.0 Å². The first kappa shape index (κ1) is 15.9. The van der Waals surface area contributed by atoms with Gasteiger partial charge in [-0.3, -0.25) is 0 Å². The van der Waals surface area contributed by atoms with Crippen molar-refractivity contribution >= 4 is 23.3 Å². The highest BCUT2D eigenvalue weighted by atomic mass is 35.5. The van der Waals surface area contributed by atoms with Crippen molar-refractivity contribution < 1.29 is 9.32 Å². The van der Waals surface area contributed by atoms with Crippen molar-refractivity contribution in [3.63, 3.8) is 0 Å². The fraction of sp³-hybridized carbons (Fsp3) is 0.412. The summed E-state index contributed by atoms with van der Waals surface area (Å²) in [6, 6.07) is 7.23.